The van der Waals surface area contributed by atoms with Crippen LogP contribution in [0.5, 0.6) is 0 Å². The second-order valence-corrected chi connectivity index (χ2v) is 13.1. The van der Waals surface area contributed by atoms with Gasteiger partial charge in [0.15, 0.2) is 0 Å². The smallest absolute Gasteiger partial charge is 0.102 e. The molecule has 0 saturated carbocycles. The first-order valence-corrected chi connectivity index (χ1v) is 14.0. The Morgan fingerprint density at radius 2 is 0.943 bits per heavy atom. The van der Waals surface area contributed by atoms with Crippen molar-refractivity contribution in [2.75, 3.05) is 0 Å². The molecular formula is C30H22N3PS. The average molecular weight is 488 g/mol. The molecule has 0 amide bonds. The van der Waals surface area contributed by atoms with Crippen LogP contribution in [0.2, 0.25) is 0 Å². The van der Waals surface area contributed by atoms with Gasteiger partial charge >= 0.3 is 0 Å². The molecule has 0 saturated heterocycles. The Balaban J connectivity index is 2.05. The van der Waals surface area contributed by atoms with Gasteiger partial charge in [0.25, 0.3) is 0 Å². The van der Waals surface area contributed by atoms with Crippen molar-refractivity contribution in [2.24, 2.45) is 0 Å². The molecule has 4 aromatic carbocycles. The summed E-state index contributed by atoms with van der Waals surface area (Å²) in [5, 5.41) is 31.4. The quantitative estimate of drug-likeness (QED) is 0.318. The second kappa shape index (κ2) is 10.5. The second-order valence-electron chi connectivity index (χ2n) is 8.32. The zero-order valence-corrected chi connectivity index (χ0v) is 20.7. The van der Waals surface area contributed by atoms with Crippen LogP contribution in [0.3, 0.4) is 0 Å². The topological polar surface area (TPSA) is 71.4 Å². The largest absolute Gasteiger partial charge is 0.197 e. The minimum atomic E-state index is -2.80. The van der Waals surface area contributed by atoms with Crippen molar-refractivity contribution in [3.8, 4) is 18.2 Å². The maximum absolute atomic E-state index is 11.0. The van der Waals surface area contributed by atoms with E-state index in [9.17, 15) is 15.8 Å². The van der Waals surface area contributed by atoms with Gasteiger partial charge in [-0.05, 0) is 46.7 Å². The molecule has 35 heavy (non-hydrogen) atoms. The van der Waals surface area contributed by atoms with Crippen molar-refractivity contribution in [3.05, 3.63) is 131 Å². The van der Waals surface area contributed by atoms with Gasteiger partial charge in [-0.15, -0.1) is 0 Å². The lowest BCUT2D eigenvalue weighted by Crippen LogP contribution is -2.41. The first-order valence-electron chi connectivity index (χ1n) is 11.2. The zero-order chi connectivity index (χ0) is 24.7. The van der Waals surface area contributed by atoms with Crippen molar-refractivity contribution >= 4 is 28.5 Å². The normalized spacial score (nSPS) is 11.1. The molecule has 0 spiro atoms. The Morgan fingerprint density at radius 3 is 1.31 bits per heavy atom. The third-order valence-corrected chi connectivity index (χ3v) is 12.3. The summed E-state index contributed by atoms with van der Waals surface area (Å²) in [7, 11) is 0. The minimum absolute atomic E-state index is 0.300. The molecule has 0 bridgehead atoms. The number of benzene rings is 4. The number of rotatable bonds is 7. The summed E-state index contributed by atoms with van der Waals surface area (Å²) in [4.78, 5) is 0. The summed E-state index contributed by atoms with van der Waals surface area (Å²) in [6.45, 7) is 0. The molecule has 0 atom stereocenters. The maximum Gasteiger partial charge on any atom is 0.102 e. The van der Waals surface area contributed by atoms with E-state index in [2.05, 4.69) is 18.2 Å². The fourth-order valence-corrected chi connectivity index (χ4v) is 9.19. The van der Waals surface area contributed by atoms with Gasteiger partial charge in [0.1, 0.15) is 5.16 Å². The van der Waals surface area contributed by atoms with Gasteiger partial charge in [0.2, 0.25) is 0 Å². The minimum Gasteiger partial charge on any atom is -0.197 e. The first-order chi connectivity index (χ1) is 17.1. The number of hydrogen-bond acceptors (Lipinski definition) is 4. The van der Waals surface area contributed by atoms with Crippen LogP contribution in [0.15, 0.2) is 109 Å². The van der Waals surface area contributed by atoms with E-state index in [1.165, 1.54) is 0 Å². The fraction of sp³-hybridized carbons (Fsp3) is 0.100. The van der Waals surface area contributed by atoms with Crippen LogP contribution in [-0.4, -0.2) is 5.16 Å². The average Bonchev–Trinajstić information content (AvgIpc) is 2.93. The zero-order valence-electron chi connectivity index (χ0n) is 19.0. The maximum atomic E-state index is 11.0. The van der Waals surface area contributed by atoms with Crippen LogP contribution < -0.4 is 10.6 Å². The summed E-state index contributed by atoms with van der Waals surface area (Å²) in [6.07, 6.45) is 0.599. The summed E-state index contributed by atoms with van der Waals surface area (Å²) >= 11 is 6.65. The molecule has 168 valence electrons. The third kappa shape index (κ3) is 4.54. The Labute approximate surface area is 211 Å². The number of nitriles is 3. The van der Waals surface area contributed by atoms with Crippen LogP contribution in [0, 0.1) is 34.0 Å². The molecule has 0 aliphatic carbocycles. The SMILES string of the molecule is N#Cc1ccccc1CC(C#N)(Cc1ccccc1C#N)P(=S)(c1ccccc1)c1ccccc1. The molecule has 0 N–H and O–H groups in total. The van der Waals surface area contributed by atoms with E-state index in [-0.39, 0.29) is 0 Å². The standard InChI is InChI=1S/C30H22N3PS/c31-21-26-13-9-7-11-24(26)19-30(23-33,20-25-12-8-10-14-27(25)22-32)34(35,28-15-3-1-4-16-28)29-17-5-2-6-18-29/h1-18H,19-20H2. The predicted octanol–water partition coefficient (Wildman–Crippen LogP) is 5.61. The lowest BCUT2D eigenvalue weighted by molar-refractivity contribution is 0.701. The lowest BCUT2D eigenvalue weighted by atomic mass is 9.89. The molecule has 0 heterocycles. The van der Waals surface area contributed by atoms with Gasteiger partial charge in [-0.25, -0.2) is 0 Å². The Bertz CT molecular complexity index is 1410. The molecular weight excluding hydrogens is 465 g/mol. The van der Waals surface area contributed by atoms with Gasteiger partial charge < -0.3 is 0 Å². The molecule has 5 heteroatoms. The molecule has 0 unspecified atom stereocenters. The van der Waals surface area contributed by atoms with Crippen LogP contribution in [0.25, 0.3) is 0 Å². The van der Waals surface area contributed by atoms with E-state index in [1.54, 1.807) is 12.1 Å². The van der Waals surface area contributed by atoms with Crippen molar-refractivity contribution in [3.63, 3.8) is 0 Å². The van der Waals surface area contributed by atoms with Crippen molar-refractivity contribution in [1.29, 1.82) is 15.8 Å². The van der Waals surface area contributed by atoms with Gasteiger partial charge in [0, 0.05) is 6.04 Å². The van der Waals surface area contributed by atoms with Crippen LogP contribution in [0.4, 0.5) is 0 Å². The van der Waals surface area contributed by atoms with Gasteiger partial charge in [-0.3, -0.25) is 0 Å². The highest BCUT2D eigenvalue weighted by Gasteiger charge is 2.47. The van der Waals surface area contributed by atoms with E-state index in [1.807, 2.05) is 97.1 Å². The molecule has 4 rings (SSSR count). The van der Waals surface area contributed by atoms with Crippen molar-refractivity contribution in [2.45, 2.75) is 18.0 Å². The Hall–Kier alpha value is -4.00. The van der Waals surface area contributed by atoms with Crippen LogP contribution >= 0.6 is 6.04 Å². The first kappa shape index (κ1) is 24.1. The molecule has 0 aromatic heterocycles. The van der Waals surface area contributed by atoms with Crippen LogP contribution in [-0.2, 0) is 24.6 Å². The van der Waals surface area contributed by atoms with Gasteiger partial charge in [0.05, 0.1) is 29.3 Å². The summed E-state index contributed by atoms with van der Waals surface area (Å²) in [5.41, 5.74) is 2.63. The molecule has 4 aromatic rings. The third-order valence-electron chi connectivity index (χ3n) is 6.29. The highest BCUT2D eigenvalue weighted by molar-refractivity contribution is 8.22. The number of hydrogen-bond donors (Lipinski definition) is 0. The van der Waals surface area contributed by atoms with E-state index in [0.717, 1.165) is 21.7 Å². The van der Waals surface area contributed by atoms with Crippen molar-refractivity contribution < 1.29 is 0 Å². The molecule has 0 aliphatic heterocycles. The van der Waals surface area contributed by atoms with E-state index < -0.39 is 11.2 Å². The summed E-state index contributed by atoms with van der Waals surface area (Å²) in [6, 6.07) is 38.9. The predicted molar refractivity (Wildman–Crippen MR) is 145 cm³/mol. The van der Waals surface area contributed by atoms with Gasteiger partial charge in [-0.2, -0.15) is 15.8 Å². The van der Waals surface area contributed by atoms with E-state index in [4.69, 9.17) is 11.8 Å². The monoisotopic (exact) mass is 487 g/mol. The number of nitrogens with zero attached hydrogens (tertiary/aromatic N) is 3. The Morgan fingerprint density at radius 1 is 0.571 bits per heavy atom. The molecule has 0 aliphatic rings. The highest BCUT2D eigenvalue weighted by atomic mass is 32.4. The van der Waals surface area contributed by atoms with Crippen molar-refractivity contribution in [1.82, 2.24) is 0 Å². The van der Waals surface area contributed by atoms with E-state index in [0.29, 0.717) is 24.0 Å². The van der Waals surface area contributed by atoms with Gasteiger partial charge in [-0.1, -0.05) is 109 Å². The lowest BCUT2D eigenvalue weighted by Gasteiger charge is -2.40. The highest BCUT2D eigenvalue weighted by Crippen LogP contribution is 2.59. The summed E-state index contributed by atoms with van der Waals surface area (Å²) in [5.74, 6) is 0. The fourth-order valence-electron chi connectivity index (χ4n) is 4.55. The van der Waals surface area contributed by atoms with Crippen LogP contribution in [0.1, 0.15) is 22.3 Å². The summed E-state index contributed by atoms with van der Waals surface area (Å²) < 4.78 is 0. The molecule has 3 nitrogen and oxygen atoms in total. The molecule has 0 radical (unpaired) electrons. The Kier molecular flexibility index (Phi) is 7.25. The van der Waals surface area contributed by atoms with E-state index >= 15 is 0 Å². The molecule has 0 fully saturated rings.